The van der Waals surface area contributed by atoms with Crippen LogP contribution in [0.25, 0.3) is 0 Å². The van der Waals surface area contributed by atoms with E-state index in [2.05, 4.69) is 30.3 Å². The third-order valence-electron chi connectivity index (χ3n) is 4.80. The summed E-state index contributed by atoms with van der Waals surface area (Å²) in [5.41, 5.74) is 5.21. The van der Waals surface area contributed by atoms with E-state index in [1.807, 2.05) is 11.1 Å². The molecule has 0 bridgehead atoms. The molecule has 0 nitrogen and oxygen atoms in total. The average molecular weight is 240 g/mol. The number of fused-ring (bicyclic) bond motifs is 1. The highest BCUT2D eigenvalue weighted by Crippen LogP contribution is 2.42. The van der Waals surface area contributed by atoms with E-state index >= 15 is 0 Å². The maximum Gasteiger partial charge on any atom is -0.0198 e. The first-order valence-electron chi connectivity index (χ1n) is 7.68. The summed E-state index contributed by atoms with van der Waals surface area (Å²) in [6, 6.07) is 11.0. The van der Waals surface area contributed by atoms with Gasteiger partial charge in [0.1, 0.15) is 0 Å². The second-order valence-electron chi connectivity index (χ2n) is 5.95. The van der Waals surface area contributed by atoms with E-state index in [-0.39, 0.29) is 0 Å². The molecule has 1 unspecified atom stereocenters. The Labute approximate surface area is 111 Å². The zero-order chi connectivity index (χ0) is 12.2. The second-order valence-corrected chi connectivity index (χ2v) is 5.95. The fourth-order valence-electron chi connectivity index (χ4n) is 3.78. The maximum absolute atomic E-state index is 2.27. The standard InChI is InChI=1S/C18H24/c1-3-7-15(8-4-1)11-12-17-14-13-16-9-5-2-6-10-18(16)17/h1,3-4,7-8,16H,2,5-6,9-14H2. The monoisotopic (exact) mass is 240 g/mol. The second kappa shape index (κ2) is 5.73. The molecule has 0 aliphatic heterocycles. The fraction of sp³-hybridized carbons (Fsp3) is 0.556. The third-order valence-corrected chi connectivity index (χ3v) is 4.80. The Hall–Kier alpha value is -1.04. The highest BCUT2D eigenvalue weighted by atomic mass is 14.3. The average Bonchev–Trinajstić information content (AvgIpc) is 2.65. The Kier molecular flexibility index (Phi) is 3.83. The number of allylic oxidation sites excluding steroid dienone is 2. The first kappa shape index (κ1) is 12.0. The summed E-state index contributed by atoms with van der Waals surface area (Å²) < 4.78 is 0. The van der Waals surface area contributed by atoms with Gasteiger partial charge in [0.05, 0.1) is 0 Å². The van der Waals surface area contributed by atoms with Crippen molar-refractivity contribution < 1.29 is 0 Å². The molecule has 1 saturated carbocycles. The predicted molar refractivity (Wildman–Crippen MR) is 77.6 cm³/mol. The lowest BCUT2D eigenvalue weighted by Gasteiger charge is -2.11. The largest absolute Gasteiger partial charge is 0.0704 e. The van der Waals surface area contributed by atoms with Crippen molar-refractivity contribution in [1.29, 1.82) is 0 Å². The Bertz CT molecular complexity index is 413. The van der Waals surface area contributed by atoms with Crippen LogP contribution < -0.4 is 0 Å². The molecule has 1 fully saturated rings. The number of aryl methyl sites for hydroxylation is 1. The summed E-state index contributed by atoms with van der Waals surface area (Å²) in [5, 5.41) is 0. The zero-order valence-corrected chi connectivity index (χ0v) is 11.3. The lowest BCUT2D eigenvalue weighted by molar-refractivity contribution is 0.541. The van der Waals surface area contributed by atoms with Crippen molar-refractivity contribution in [3.8, 4) is 0 Å². The maximum atomic E-state index is 2.27. The summed E-state index contributed by atoms with van der Waals surface area (Å²) >= 11 is 0. The molecule has 0 amide bonds. The molecule has 3 rings (SSSR count). The van der Waals surface area contributed by atoms with Crippen LogP contribution in [0.2, 0.25) is 0 Å². The Morgan fingerprint density at radius 1 is 0.833 bits per heavy atom. The summed E-state index contributed by atoms with van der Waals surface area (Å²) in [4.78, 5) is 0. The number of benzene rings is 1. The minimum absolute atomic E-state index is 0.971. The molecule has 0 saturated heterocycles. The van der Waals surface area contributed by atoms with E-state index in [1.54, 1.807) is 0 Å². The SMILES string of the molecule is c1ccc(CCC2=C3CCCCCC3CC2)cc1. The molecule has 96 valence electrons. The third kappa shape index (κ3) is 2.68. The molecule has 0 aromatic heterocycles. The van der Waals surface area contributed by atoms with Gasteiger partial charge in [0.2, 0.25) is 0 Å². The molecular weight excluding hydrogens is 216 g/mol. The molecule has 18 heavy (non-hydrogen) atoms. The van der Waals surface area contributed by atoms with Crippen molar-refractivity contribution in [3.63, 3.8) is 0 Å². The summed E-state index contributed by atoms with van der Waals surface area (Å²) in [7, 11) is 0. The minimum atomic E-state index is 0.971. The molecular formula is C18H24. The minimum Gasteiger partial charge on any atom is -0.0704 e. The van der Waals surface area contributed by atoms with Crippen LogP contribution in [-0.2, 0) is 6.42 Å². The lowest BCUT2D eigenvalue weighted by atomic mass is 9.94. The van der Waals surface area contributed by atoms with Crippen LogP contribution in [0.1, 0.15) is 56.9 Å². The summed E-state index contributed by atoms with van der Waals surface area (Å²) in [6.45, 7) is 0. The smallest absolute Gasteiger partial charge is 0.0198 e. The molecule has 0 heteroatoms. The first-order valence-corrected chi connectivity index (χ1v) is 7.68. The van der Waals surface area contributed by atoms with Gasteiger partial charge in [-0.3, -0.25) is 0 Å². The van der Waals surface area contributed by atoms with Gasteiger partial charge in [0, 0.05) is 0 Å². The molecule has 1 aromatic rings. The Balaban J connectivity index is 1.66. The number of rotatable bonds is 3. The van der Waals surface area contributed by atoms with E-state index in [1.165, 1.54) is 63.4 Å². The van der Waals surface area contributed by atoms with Gasteiger partial charge in [0.25, 0.3) is 0 Å². The van der Waals surface area contributed by atoms with E-state index in [4.69, 9.17) is 0 Å². The highest BCUT2D eigenvalue weighted by molar-refractivity contribution is 5.25. The van der Waals surface area contributed by atoms with Gasteiger partial charge in [-0.25, -0.2) is 0 Å². The Morgan fingerprint density at radius 2 is 1.72 bits per heavy atom. The lowest BCUT2D eigenvalue weighted by Crippen LogP contribution is -1.97. The van der Waals surface area contributed by atoms with Crippen LogP contribution >= 0.6 is 0 Å². The number of hydrogen-bond acceptors (Lipinski definition) is 0. The van der Waals surface area contributed by atoms with E-state index in [9.17, 15) is 0 Å². The van der Waals surface area contributed by atoms with Gasteiger partial charge in [-0.05, 0) is 56.4 Å². The Morgan fingerprint density at radius 3 is 2.61 bits per heavy atom. The van der Waals surface area contributed by atoms with Crippen LogP contribution in [0.5, 0.6) is 0 Å². The molecule has 0 N–H and O–H groups in total. The summed E-state index contributed by atoms with van der Waals surface area (Å²) in [6.07, 6.45) is 12.7. The fourth-order valence-corrected chi connectivity index (χ4v) is 3.78. The number of hydrogen-bond donors (Lipinski definition) is 0. The molecule has 1 atom stereocenters. The van der Waals surface area contributed by atoms with Crippen molar-refractivity contribution in [2.75, 3.05) is 0 Å². The van der Waals surface area contributed by atoms with E-state index in [0.29, 0.717) is 0 Å². The zero-order valence-electron chi connectivity index (χ0n) is 11.3. The van der Waals surface area contributed by atoms with E-state index in [0.717, 1.165) is 5.92 Å². The van der Waals surface area contributed by atoms with E-state index < -0.39 is 0 Å². The van der Waals surface area contributed by atoms with Gasteiger partial charge in [-0.1, -0.05) is 54.3 Å². The van der Waals surface area contributed by atoms with Crippen LogP contribution in [0.4, 0.5) is 0 Å². The van der Waals surface area contributed by atoms with Gasteiger partial charge < -0.3 is 0 Å². The van der Waals surface area contributed by atoms with Gasteiger partial charge >= 0.3 is 0 Å². The van der Waals surface area contributed by atoms with Crippen molar-refractivity contribution in [3.05, 3.63) is 47.0 Å². The molecule has 0 spiro atoms. The normalized spacial score (nSPS) is 23.9. The molecule has 2 aliphatic carbocycles. The summed E-state index contributed by atoms with van der Waals surface area (Å²) in [5.74, 6) is 0.971. The first-order chi connectivity index (χ1) is 8.93. The van der Waals surface area contributed by atoms with Crippen LogP contribution in [0, 0.1) is 5.92 Å². The van der Waals surface area contributed by atoms with Crippen LogP contribution in [0.3, 0.4) is 0 Å². The van der Waals surface area contributed by atoms with Crippen molar-refractivity contribution >= 4 is 0 Å². The van der Waals surface area contributed by atoms with Gasteiger partial charge in [0.15, 0.2) is 0 Å². The van der Waals surface area contributed by atoms with Crippen molar-refractivity contribution in [1.82, 2.24) is 0 Å². The molecule has 0 heterocycles. The molecule has 1 aromatic carbocycles. The predicted octanol–water partition coefficient (Wildman–Crippen LogP) is 5.29. The van der Waals surface area contributed by atoms with Gasteiger partial charge in [-0.15, -0.1) is 0 Å². The highest BCUT2D eigenvalue weighted by Gasteiger charge is 2.25. The van der Waals surface area contributed by atoms with Gasteiger partial charge in [-0.2, -0.15) is 0 Å². The quantitative estimate of drug-likeness (QED) is 0.630. The van der Waals surface area contributed by atoms with Crippen molar-refractivity contribution in [2.24, 2.45) is 5.92 Å². The van der Waals surface area contributed by atoms with Crippen molar-refractivity contribution in [2.45, 2.75) is 57.8 Å². The van der Waals surface area contributed by atoms with Crippen LogP contribution in [-0.4, -0.2) is 0 Å². The molecule has 0 radical (unpaired) electrons. The van der Waals surface area contributed by atoms with Crippen LogP contribution in [0.15, 0.2) is 41.5 Å². The topological polar surface area (TPSA) is 0 Å². The molecule has 2 aliphatic rings.